The number of rotatable bonds is 6. The van der Waals surface area contributed by atoms with Crippen LogP contribution in [0.15, 0.2) is 47.6 Å². The summed E-state index contributed by atoms with van der Waals surface area (Å²) >= 11 is 0. The van der Waals surface area contributed by atoms with E-state index in [1.165, 1.54) is 24.6 Å². The third-order valence-corrected chi connectivity index (χ3v) is 6.19. The summed E-state index contributed by atoms with van der Waals surface area (Å²) in [7, 11) is -0.728. The average molecular weight is 378 g/mol. The molecule has 140 valence electrons. The average Bonchev–Trinajstić information content (AvgIpc) is 2.68. The molecule has 26 heavy (non-hydrogen) atoms. The Labute approximate surface area is 153 Å². The van der Waals surface area contributed by atoms with Crippen LogP contribution in [0.25, 0.3) is 0 Å². The monoisotopic (exact) mass is 378 g/mol. The molecular weight excluding hydrogens is 356 g/mol. The van der Waals surface area contributed by atoms with Crippen molar-refractivity contribution in [1.29, 1.82) is 0 Å². The van der Waals surface area contributed by atoms with Gasteiger partial charge in [0.1, 0.15) is 28.2 Å². The van der Waals surface area contributed by atoms with E-state index >= 15 is 0 Å². The molecule has 1 atom stereocenters. The maximum Gasteiger partial charge on any atom is 0.246 e. The number of hydrogen-bond donors (Lipinski definition) is 0. The quantitative estimate of drug-likeness (QED) is 0.768. The minimum absolute atomic E-state index is 0.130. The second-order valence-electron chi connectivity index (χ2n) is 5.94. The van der Waals surface area contributed by atoms with E-state index in [1.54, 1.807) is 36.7 Å². The first kappa shape index (κ1) is 18.5. The van der Waals surface area contributed by atoms with Crippen LogP contribution in [0.2, 0.25) is 0 Å². The number of nitrogens with zero attached hydrogens (tertiary/aromatic N) is 2. The predicted octanol–water partition coefficient (Wildman–Crippen LogP) is 2.33. The molecule has 2 aromatic rings. The van der Waals surface area contributed by atoms with Crippen LogP contribution < -0.4 is 14.2 Å². The number of sulfonamides is 1. The Balaban J connectivity index is 1.80. The molecular formula is C18H22N2O5S. The summed E-state index contributed by atoms with van der Waals surface area (Å²) in [6, 6.07) is 8.23. The Morgan fingerprint density at radius 1 is 1.08 bits per heavy atom. The van der Waals surface area contributed by atoms with Gasteiger partial charge in [0.25, 0.3) is 0 Å². The summed E-state index contributed by atoms with van der Waals surface area (Å²) in [5.74, 6) is 1.49. The third-order valence-electron chi connectivity index (χ3n) is 4.28. The Morgan fingerprint density at radius 3 is 2.54 bits per heavy atom. The summed E-state index contributed by atoms with van der Waals surface area (Å²) in [6.07, 6.45) is 4.62. The van der Waals surface area contributed by atoms with Crippen LogP contribution >= 0.6 is 0 Å². The first-order chi connectivity index (χ1) is 12.5. The molecule has 0 amide bonds. The minimum Gasteiger partial charge on any atom is -0.497 e. The molecule has 0 aliphatic carbocycles. The molecule has 0 bridgehead atoms. The van der Waals surface area contributed by atoms with Crippen LogP contribution in [0, 0.1) is 0 Å². The molecule has 1 unspecified atom stereocenters. The maximum absolute atomic E-state index is 13.1. The highest BCUT2D eigenvalue weighted by Gasteiger charge is 2.33. The summed E-state index contributed by atoms with van der Waals surface area (Å²) in [6.45, 7) is 0.744. The van der Waals surface area contributed by atoms with Crippen LogP contribution in [0.1, 0.15) is 12.8 Å². The lowest BCUT2D eigenvalue weighted by Gasteiger charge is -2.32. The lowest BCUT2D eigenvalue weighted by atomic mass is 10.1. The van der Waals surface area contributed by atoms with Crippen molar-refractivity contribution < 1.29 is 22.6 Å². The van der Waals surface area contributed by atoms with Gasteiger partial charge in [0.15, 0.2) is 0 Å². The molecule has 1 saturated heterocycles. The zero-order valence-electron chi connectivity index (χ0n) is 14.8. The third kappa shape index (κ3) is 3.91. The zero-order valence-corrected chi connectivity index (χ0v) is 15.6. The van der Waals surface area contributed by atoms with E-state index in [0.29, 0.717) is 24.6 Å². The van der Waals surface area contributed by atoms with Crippen molar-refractivity contribution in [3.05, 3.63) is 42.7 Å². The van der Waals surface area contributed by atoms with Crippen molar-refractivity contribution in [3.8, 4) is 17.2 Å². The number of pyridine rings is 1. The van der Waals surface area contributed by atoms with Gasteiger partial charge in [-0.1, -0.05) is 0 Å². The van der Waals surface area contributed by atoms with E-state index in [9.17, 15) is 8.42 Å². The van der Waals surface area contributed by atoms with Crippen molar-refractivity contribution >= 4 is 10.0 Å². The van der Waals surface area contributed by atoms with Gasteiger partial charge in [0.2, 0.25) is 10.0 Å². The van der Waals surface area contributed by atoms with Gasteiger partial charge in [-0.2, -0.15) is 4.31 Å². The van der Waals surface area contributed by atoms with Crippen molar-refractivity contribution in [2.45, 2.75) is 23.8 Å². The number of methoxy groups -OCH3 is 2. The Hall–Kier alpha value is -2.32. The fraction of sp³-hybridized carbons (Fsp3) is 0.389. The number of piperidine rings is 1. The lowest BCUT2D eigenvalue weighted by molar-refractivity contribution is 0.129. The van der Waals surface area contributed by atoms with Crippen molar-refractivity contribution in [3.63, 3.8) is 0 Å². The molecule has 0 spiro atoms. The molecule has 1 aliphatic rings. The number of benzene rings is 1. The number of ether oxygens (including phenoxy) is 3. The van der Waals surface area contributed by atoms with E-state index in [-0.39, 0.29) is 16.7 Å². The molecule has 0 N–H and O–H groups in total. The van der Waals surface area contributed by atoms with Crippen LogP contribution in [0.4, 0.5) is 0 Å². The van der Waals surface area contributed by atoms with Crippen molar-refractivity contribution in [2.24, 2.45) is 0 Å². The fourth-order valence-electron chi connectivity index (χ4n) is 2.96. The fourth-order valence-corrected chi connectivity index (χ4v) is 4.60. The molecule has 1 aromatic heterocycles. The van der Waals surface area contributed by atoms with E-state index in [0.717, 1.165) is 12.8 Å². The molecule has 2 heterocycles. The smallest absolute Gasteiger partial charge is 0.246 e. The summed E-state index contributed by atoms with van der Waals surface area (Å²) < 4.78 is 44.0. The SMILES string of the molecule is COc1ccc(S(=O)(=O)N2CCCC(Oc3ccncc3)C2)c(OC)c1. The Kier molecular flexibility index (Phi) is 5.63. The summed E-state index contributed by atoms with van der Waals surface area (Å²) in [5, 5.41) is 0. The largest absolute Gasteiger partial charge is 0.497 e. The van der Waals surface area contributed by atoms with Crippen LogP contribution in [0.5, 0.6) is 17.2 Å². The number of aromatic nitrogens is 1. The zero-order chi connectivity index (χ0) is 18.6. The van der Waals surface area contributed by atoms with Gasteiger partial charge in [-0.15, -0.1) is 0 Å². The summed E-state index contributed by atoms with van der Waals surface area (Å²) in [5.41, 5.74) is 0. The van der Waals surface area contributed by atoms with E-state index in [2.05, 4.69) is 4.98 Å². The van der Waals surface area contributed by atoms with E-state index < -0.39 is 10.0 Å². The second kappa shape index (κ2) is 7.92. The van der Waals surface area contributed by atoms with Crippen molar-refractivity contribution in [2.75, 3.05) is 27.3 Å². The first-order valence-electron chi connectivity index (χ1n) is 8.33. The normalized spacial score (nSPS) is 18.3. The first-order valence-corrected chi connectivity index (χ1v) is 9.77. The van der Waals surface area contributed by atoms with Gasteiger partial charge >= 0.3 is 0 Å². The summed E-state index contributed by atoms with van der Waals surface area (Å²) in [4.78, 5) is 4.09. The molecule has 7 nitrogen and oxygen atoms in total. The van der Waals surface area contributed by atoms with Gasteiger partial charge in [-0.25, -0.2) is 8.42 Å². The molecule has 1 aliphatic heterocycles. The van der Waals surface area contributed by atoms with Crippen LogP contribution in [-0.4, -0.2) is 51.1 Å². The van der Waals surface area contributed by atoms with E-state index in [4.69, 9.17) is 14.2 Å². The highest BCUT2D eigenvalue weighted by Crippen LogP contribution is 2.32. The van der Waals surface area contributed by atoms with Crippen LogP contribution in [-0.2, 0) is 10.0 Å². The van der Waals surface area contributed by atoms with Gasteiger partial charge < -0.3 is 14.2 Å². The maximum atomic E-state index is 13.1. The topological polar surface area (TPSA) is 78.0 Å². The minimum atomic E-state index is -3.69. The van der Waals surface area contributed by atoms with Gasteiger partial charge in [0.05, 0.1) is 20.8 Å². The number of hydrogen-bond acceptors (Lipinski definition) is 6. The highest BCUT2D eigenvalue weighted by atomic mass is 32.2. The molecule has 1 aromatic carbocycles. The van der Waals surface area contributed by atoms with Gasteiger partial charge in [-0.05, 0) is 37.1 Å². The Bertz CT molecular complexity index is 842. The molecule has 8 heteroatoms. The molecule has 0 saturated carbocycles. The van der Waals surface area contributed by atoms with E-state index in [1.807, 2.05) is 0 Å². The molecule has 1 fully saturated rings. The van der Waals surface area contributed by atoms with Gasteiger partial charge in [-0.3, -0.25) is 4.98 Å². The standard InChI is InChI=1S/C18H22N2O5S/c1-23-15-5-6-18(17(12-15)24-2)26(21,22)20-11-3-4-16(13-20)25-14-7-9-19-10-8-14/h5-10,12,16H,3-4,11,13H2,1-2H3. The second-order valence-corrected chi connectivity index (χ2v) is 7.85. The van der Waals surface area contributed by atoms with Crippen LogP contribution in [0.3, 0.4) is 0 Å². The van der Waals surface area contributed by atoms with Crippen molar-refractivity contribution in [1.82, 2.24) is 9.29 Å². The van der Waals surface area contributed by atoms with Gasteiger partial charge in [0, 0.05) is 25.0 Å². The lowest BCUT2D eigenvalue weighted by Crippen LogP contribution is -2.44. The Morgan fingerprint density at radius 2 is 1.85 bits per heavy atom. The predicted molar refractivity (Wildman–Crippen MR) is 96.2 cm³/mol. The molecule has 3 rings (SSSR count). The highest BCUT2D eigenvalue weighted by molar-refractivity contribution is 7.89. The molecule has 0 radical (unpaired) electrons.